The fraction of sp³-hybridized carbons (Fsp3) is 1.00. The minimum Gasteiger partial charge on any atom is -0.394 e. The molecule has 1 heterocycles. The van der Waals surface area contributed by atoms with Gasteiger partial charge in [0.1, 0.15) is 24.4 Å². The summed E-state index contributed by atoms with van der Waals surface area (Å²) in [7, 11) is 1.33. The Labute approximate surface area is 157 Å². The lowest BCUT2D eigenvalue weighted by Gasteiger charge is -2.41. The third-order valence-corrected chi connectivity index (χ3v) is 3.73. The number of ether oxygens (including phenoxy) is 6. The second kappa shape index (κ2) is 14.9. The molecular weight excluding hydrogens is 366 g/mol. The van der Waals surface area contributed by atoms with E-state index < -0.39 is 30.7 Å². The largest absolute Gasteiger partial charge is 0.394 e. The minimum absolute atomic E-state index is 0.147. The van der Waals surface area contributed by atoms with Crippen molar-refractivity contribution in [1.82, 2.24) is 0 Å². The van der Waals surface area contributed by atoms with Gasteiger partial charge in [-0.05, 0) is 5.53 Å². The lowest BCUT2D eigenvalue weighted by Crippen LogP contribution is -2.60. The lowest BCUT2D eigenvalue weighted by atomic mass is 9.99. The summed E-state index contributed by atoms with van der Waals surface area (Å²) in [5, 5.41) is 32.7. The molecule has 27 heavy (non-hydrogen) atoms. The van der Waals surface area contributed by atoms with Crippen LogP contribution in [0.5, 0.6) is 0 Å². The smallest absolute Gasteiger partial charge is 0.186 e. The Bertz CT molecular complexity index is 423. The fourth-order valence-corrected chi connectivity index (χ4v) is 2.39. The Morgan fingerprint density at radius 3 is 2.11 bits per heavy atom. The number of hydrogen-bond donors (Lipinski definition) is 3. The van der Waals surface area contributed by atoms with Crippen molar-refractivity contribution in [3.05, 3.63) is 10.4 Å². The Balaban J connectivity index is 2.04. The number of rotatable bonds is 15. The summed E-state index contributed by atoms with van der Waals surface area (Å²) in [5.74, 6) is 0. The van der Waals surface area contributed by atoms with Gasteiger partial charge in [-0.15, -0.1) is 0 Å². The van der Waals surface area contributed by atoms with Gasteiger partial charge in [0.25, 0.3) is 0 Å². The van der Waals surface area contributed by atoms with Crippen molar-refractivity contribution in [1.29, 1.82) is 0 Å². The quantitative estimate of drug-likeness (QED) is 0.134. The molecule has 12 nitrogen and oxygen atoms in total. The number of hydrogen-bond acceptors (Lipinski definition) is 10. The van der Waals surface area contributed by atoms with Gasteiger partial charge in [0.15, 0.2) is 6.29 Å². The van der Waals surface area contributed by atoms with Crippen LogP contribution in [0.3, 0.4) is 0 Å². The van der Waals surface area contributed by atoms with Gasteiger partial charge in [-0.3, -0.25) is 0 Å². The molecule has 1 rings (SSSR count). The summed E-state index contributed by atoms with van der Waals surface area (Å²) in [6, 6.07) is 0. The number of aliphatic hydroxyl groups excluding tert-OH is 3. The molecule has 1 fully saturated rings. The third kappa shape index (κ3) is 9.12. The van der Waals surface area contributed by atoms with E-state index in [4.69, 9.17) is 34.0 Å². The molecule has 0 aromatic carbocycles. The van der Waals surface area contributed by atoms with Crippen LogP contribution in [0.2, 0.25) is 0 Å². The maximum atomic E-state index is 10.1. The molecule has 1 saturated heterocycles. The molecule has 0 saturated carbocycles. The fourth-order valence-electron chi connectivity index (χ4n) is 2.39. The number of azide groups is 1. The average Bonchev–Trinajstić information content (AvgIpc) is 2.68. The normalized spacial score (nSPS) is 28.1. The summed E-state index contributed by atoms with van der Waals surface area (Å²) in [5.41, 5.74) is 8.08. The van der Waals surface area contributed by atoms with Gasteiger partial charge in [-0.2, -0.15) is 0 Å². The topological polar surface area (TPSA) is 165 Å². The van der Waals surface area contributed by atoms with Crippen molar-refractivity contribution in [3.8, 4) is 0 Å². The van der Waals surface area contributed by atoms with E-state index in [9.17, 15) is 15.3 Å². The molecule has 0 aromatic rings. The molecule has 0 aromatic heterocycles. The summed E-state index contributed by atoms with van der Waals surface area (Å²) in [4.78, 5) is 2.61. The van der Waals surface area contributed by atoms with Crippen LogP contribution in [0.15, 0.2) is 5.11 Å². The first kappa shape index (κ1) is 24.0. The lowest BCUT2D eigenvalue weighted by molar-refractivity contribution is -0.302. The predicted molar refractivity (Wildman–Crippen MR) is 91.0 cm³/mol. The second-order valence-electron chi connectivity index (χ2n) is 5.57. The zero-order valence-electron chi connectivity index (χ0n) is 15.4. The van der Waals surface area contributed by atoms with Gasteiger partial charge in [-0.1, -0.05) is 5.11 Å². The van der Waals surface area contributed by atoms with Crippen molar-refractivity contribution >= 4 is 0 Å². The highest BCUT2D eigenvalue weighted by molar-refractivity contribution is 4.90. The van der Waals surface area contributed by atoms with E-state index in [0.29, 0.717) is 39.6 Å². The van der Waals surface area contributed by atoms with Gasteiger partial charge in [0, 0.05) is 18.6 Å². The van der Waals surface area contributed by atoms with Crippen molar-refractivity contribution in [2.45, 2.75) is 30.7 Å². The molecule has 0 aliphatic carbocycles. The number of nitrogens with zero attached hydrogens (tertiary/aromatic N) is 3. The van der Waals surface area contributed by atoms with Crippen molar-refractivity contribution in [3.63, 3.8) is 0 Å². The number of aliphatic hydroxyl groups is 3. The SMILES string of the molecule is CO[C@H]1O[C@H](CO)[C@@H](OCCOCCOCCOCCN=[N+]=[N-])[C@H](O)[C@@H]1O. The molecular formula is C15H29N3O9. The van der Waals surface area contributed by atoms with E-state index in [0.717, 1.165) is 0 Å². The van der Waals surface area contributed by atoms with Crippen LogP contribution >= 0.6 is 0 Å². The maximum absolute atomic E-state index is 10.1. The van der Waals surface area contributed by atoms with Crippen LogP contribution in [-0.4, -0.2) is 113 Å². The zero-order valence-corrected chi connectivity index (χ0v) is 15.4. The van der Waals surface area contributed by atoms with E-state index in [-0.39, 0.29) is 19.8 Å². The highest BCUT2D eigenvalue weighted by Gasteiger charge is 2.45. The molecule has 3 N–H and O–H groups in total. The van der Waals surface area contributed by atoms with Gasteiger partial charge < -0.3 is 43.7 Å². The van der Waals surface area contributed by atoms with Crippen molar-refractivity contribution in [2.75, 3.05) is 66.5 Å². The van der Waals surface area contributed by atoms with E-state index in [1.165, 1.54) is 7.11 Å². The average molecular weight is 395 g/mol. The van der Waals surface area contributed by atoms with Crippen LogP contribution in [0.25, 0.3) is 10.4 Å². The summed E-state index contributed by atoms with van der Waals surface area (Å²) in [6.45, 7) is 2.19. The Morgan fingerprint density at radius 1 is 0.963 bits per heavy atom. The number of methoxy groups -OCH3 is 1. The Hall–Kier alpha value is -1.05. The van der Waals surface area contributed by atoms with E-state index in [1.54, 1.807) is 0 Å². The molecule has 0 spiro atoms. The molecule has 12 heteroatoms. The monoisotopic (exact) mass is 395 g/mol. The first-order valence-corrected chi connectivity index (χ1v) is 8.66. The van der Waals surface area contributed by atoms with Crippen LogP contribution in [0, 0.1) is 0 Å². The van der Waals surface area contributed by atoms with Gasteiger partial charge in [0.05, 0.1) is 52.9 Å². The Morgan fingerprint density at radius 2 is 1.56 bits per heavy atom. The molecule has 1 aliphatic heterocycles. The van der Waals surface area contributed by atoms with Crippen LogP contribution < -0.4 is 0 Å². The van der Waals surface area contributed by atoms with E-state index >= 15 is 0 Å². The summed E-state index contributed by atoms with van der Waals surface area (Å²) >= 11 is 0. The summed E-state index contributed by atoms with van der Waals surface area (Å²) < 4.78 is 31.5. The molecule has 1 aliphatic rings. The maximum Gasteiger partial charge on any atom is 0.186 e. The Kier molecular flexibility index (Phi) is 13.3. The standard InChI is InChI=1S/C15H29N3O9/c1-22-15-13(21)12(20)14(11(10-19)27-15)26-9-8-25-7-6-24-5-4-23-3-2-17-18-16/h11-15,19-21H,2-10H2,1H3/t11-,12-,13+,14-,15+/m1/s1. The minimum atomic E-state index is -1.27. The molecule has 158 valence electrons. The molecule has 0 amide bonds. The van der Waals surface area contributed by atoms with Crippen LogP contribution in [-0.2, 0) is 28.4 Å². The van der Waals surface area contributed by atoms with Gasteiger partial charge in [0.2, 0.25) is 0 Å². The van der Waals surface area contributed by atoms with Crippen molar-refractivity contribution in [2.24, 2.45) is 5.11 Å². The molecule has 0 bridgehead atoms. The molecule has 5 atom stereocenters. The molecule has 0 unspecified atom stereocenters. The highest BCUT2D eigenvalue weighted by Crippen LogP contribution is 2.23. The molecule has 0 radical (unpaired) electrons. The van der Waals surface area contributed by atoms with Gasteiger partial charge >= 0.3 is 0 Å². The van der Waals surface area contributed by atoms with Gasteiger partial charge in [-0.25, -0.2) is 0 Å². The van der Waals surface area contributed by atoms with Crippen LogP contribution in [0.4, 0.5) is 0 Å². The first-order chi connectivity index (χ1) is 13.2. The first-order valence-electron chi connectivity index (χ1n) is 8.66. The zero-order chi connectivity index (χ0) is 19.9. The summed E-state index contributed by atoms with van der Waals surface area (Å²) in [6.07, 6.45) is -5.24. The third-order valence-electron chi connectivity index (χ3n) is 3.73. The highest BCUT2D eigenvalue weighted by atomic mass is 16.7. The second-order valence-corrected chi connectivity index (χ2v) is 5.57. The van der Waals surface area contributed by atoms with Crippen molar-refractivity contribution < 1.29 is 43.7 Å². The predicted octanol–water partition coefficient (Wildman–Crippen LogP) is -1.18. The van der Waals surface area contributed by atoms with E-state index in [1.807, 2.05) is 0 Å². The van der Waals surface area contributed by atoms with Crippen LogP contribution in [0.1, 0.15) is 0 Å². The van der Waals surface area contributed by atoms with E-state index in [2.05, 4.69) is 10.0 Å².